The highest BCUT2D eigenvalue weighted by molar-refractivity contribution is 5.69. The van der Waals surface area contributed by atoms with Gasteiger partial charge in [-0.05, 0) is 78.7 Å². The summed E-state index contributed by atoms with van der Waals surface area (Å²) in [4.78, 5) is 23.9. The molecule has 0 bridgehead atoms. The average Bonchev–Trinajstić information content (AvgIpc) is 2.80. The molecule has 3 aliphatic rings. The van der Waals surface area contributed by atoms with E-state index in [9.17, 15) is 4.79 Å². The van der Waals surface area contributed by atoms with Crippen molar-refractivity contribution in [3.63, 3.8) is 0 Å². The van der Waals surface area contributed by atoms with Crippen LogP contribution in [0.1, 0.15) is 69.3 Å². The minimum atomic E-state index is -0.455. The first kappa shape index (κ1) is 26.9. The lowest BCUT2D eigenvalue weighted by Crippen LogP contribution is -2.66. The van der Waals surface area contributed by atoms with Crippen molar-refractivity contribution >= 4 is 6.09 Å². The van der Waals surface area contributed by atoms with Crippen LogP contribution in [0.15, 0.2) is 42.6 Å². The maximum atomic E-state index is 12.4. The number of nitrogens with zero attached hydrogens (tertiary/aromatic N) is 4. The van der Waals surface area contributed by atoms with Crippen LogP contribution in [0.4, 0.5) is 4.79 Å². The molecule has 1 saturated heterocycles. The van der Waals surface area contributed by atoms with Crippen LogP contribution in [0.25, 0.3) is 0 Å². The van der Waals surface area contributed by atoms with E-state index in [1.54, 1.807) is 0 Å². The summed E-state index contributed by atoms with van der Waals surface area (Å²) < 4.78 is 12.2. The van der Waals surface area contributed by atoms with Crippen molar-refractivity contribution in [1.82, 2.24) is 19.7 Å². The van der Waals surface area contributed by atoms with Gasteiger partial charge in [-0.1, -0.05) is 30.3 Å². The highest BCUT2D eigenvalue weighted by atomic mass is 16.6. The first-order chi connectivity index (χ1) is 18.1. The van der Waals surface area contributed by atoms with Gasteiger partial charge in [0.15, 0.2) is 0 Å². The van der Waals surface area contributed by atoms with E-state index in [1.165, 1.54) is 16.8 Å². The highest BCUT2D eigenvalue weighted by Gasteiger charge is 2.55. The third kappa shape index (κ3) is 6.15. The van der Waals surface area contributed by atoms with Crippen LogP contribution < -0.4 is 4.74 Å². The van der Waals surface area contributed by atoms with Gasteiger partial charge in [0, 0.05) is 55.8 Å². The molecule has 2 fully saturated rings. The van der Waals surface area contributed by atoms with E-state index in [4.69, 9.17) is 14.5 Å². The molecule has 1 spiro atoms. The Morgan fingerprint density at radius 3 is 2.55 bits per heavy atom. The van der Waals surface area contributed by atoms with E-state index in [0.29, 0.717) is 6.04 Å². The van der Waals surface area contributed by atoms with Crippen molar-refractivity contribution in [2.24, 2.45) is 5.41 Å². The summed E-state index contributed by atoms with van der Waals surface area (Å²) in [7, 11) is 4.28. The van der Waals surface area contributed by atoms with Crippen LogP contribution in [0.5, 0.6) is 5.75 Å². The molecule has 1 aliphatic carbocycles. The summed E-state index contributed by atoms with van der Waals surface area (Å²) in [5, 5.41) is 0. The number of hydrogen-bond acceptors (Lipinski definition) is 6. The summed E-state index contributed by atoms with van der Waals surface area (Å²) in [6, 6.07) is 13.1. The Labute approximate surface area is 228 Å². The van der Waals surface area contributed by atoms with Gasteiger partial charge in [0.1, 0.15) is 17.5 Å². The van der Waals surface area contributed by atoms with Crippen LogP contribution in [0.3, 0.4) is 0 Å². The number of carbonyl (C=O) groups is 1. The molecule has 1 saturated carbocycles. The monoisotopic (exact) mass is 520 g/mol. The Hall–Kier alpha value is -2.64. The molecular weight excluding hydrogens is 476 g/mol. The molecule has 1 unspecified atom stereocenters. The van der Waals surface area contributed by atoms with Gasteiger partial charge < -0.3 is 19.3 Å². The van der Waals surface area contributed by atoms with E-state index in [-0.39, 0.29) is 17.6 Å². The van der Waals surface area contributed by atoms with Crippen LogP contribution >= 0.6 is 0 Å². The van der Waals surface area contributed by atoms with Crippen LogP contribution in [0, 0.1) is 5.41 Å². The fraction of sp³-hybridized carbons (Fsp3) is 0.613. The van der Waals surface area contributed by atoms with E-state index >= 15 is 0 Å². The first-order valence-electron chi connectivity index (χ1n) is 14.2. The third-order valence-electron chi connectivity index (χ3n) is 8.07. The van der Waals surface area contributed by atoms with E-state index in [0.717, 1.165) is 70.6 Å². The molecular formula is C31H44N4O3. The smallest absolute Gasteiger partial charge is 0.410 e. The molecule has 1 atom stereocenters. The van der Waals surface area contributed by atoms with Crippen molar-refractivity contribution in [1.29, 1.82) is 0 Å². The molecule has 1 amide bonds. The summed E-state index contributed by atoms with van der Waals surface area (Å²) >= 11 is 0. The maximum absolute atomic E-state index is 12.4. The van der Waals surface area contributed by atoms with E-state index in [2.05, 4.69) is 60.3 Å². The highest BCUT2D eigenvalue weighted by Crippen LogP contribution is 2.51. The Balaban J connectivity index is 1.26. The number of benzene rings is 1. The van der Waals surface area contributed by atoms with Crippen molar-refractivity contribution in [3.05, 3.63) is 59.4 Å². The Bertz CT molecular complexity index is 1100. The predicted molar refractivity (Wildman–Crippen MR) is 149 cm³/mol. The second-order valence-corrected chi connectivity index (χ2v) is 12.8. The first-order valence-corrected chi connectivity index (χ1v) is 14.2. The second-order valence-electron chi connectivity index (χ2n) is 12.8. The standard InChI is InChI=1S/C31H44N4O3/c1-30(2,3)38-29(36)35-21-31(22-35)18-24(19-31)37-27-13-15-32-25-14-17-34(20-23-10-7-6-8-11-23)26(28(25)27)12-9-16-33(4)5/h6-8,10-11,13,15,24,26H,9,12,14,16-22H2,1-5H3. The molecule has 5 rings (SSSR count). The second kappa shape index (κ2) is 10.9. The van der Waals surface area contributed by atoms with Crippen molar-refractivity contribution in [3.8, 4) is 5.75 Å². The number of fused-ring (bicyclic) bond motifs is 1. The SMILES string of the molecule is CN(C)CCCC1c2c(OC3CC4(C3)CN(C(=O)OC(C)(C)C)C4)ccnc2CCN1Cc1ccccc1. The molecule has 7 nitrogen and oxygen atoms in total. The number of carbonyl (C=O) groups excluding carboxylic acids is 1. The quantitative estimate of drug-likeness (QED) is 0.471. The Morgan fingerprint density at radius 2 is 1.87 bits per heavy atom. The Morgan fingerprint density at radius 1 is 1.13 bits per heavy atom. The number of aromatic nitrogens is 1. The third-order valence-corrected chi connectivity index (χ3v) is 8.07. The molecule has 1 aromatic carbocycles. The maximum Gasteiger partial charge on any atom is 0.410 e. The van der Waals surface area contributed by atoms with Crippen molar-refractivity contribution in [2.75, 3.05) is 40.3 Å². The number of amides is 1. The molecule has 38 heavy (non-hydrogen) atoms. The number of rotatable bonds is 8. The largest absolute Gasteiger partial charge is 0.490 e. The summed E-state index contributed by atoms with van der Waals surface area (Å²) in [6.45, 7) is 10.3. The molecule has 3 heterocycles. The van der Waals surface area contributed by atoms with Gasteiger partial charge in [0.05, 0.1) is 5.69 Å². The molecule has 0 radical (unpaired) electrons. The van der Waals surface area contributed by atoms with Crippen LogP contribution in [-0.2, 0) is 17.7 Å². The Kier molecular flexibility index (Phi) is 7.70. The van der Waals surface area contributed by atoms with E-state index < -0.39 is 5.60 Å². The lowest BCUT2D eigenvalue weighted by molar-refractivity contribution is -0.117. The summed E-state index contributed by atoms with van der Waals surface area (Å²) in [6.07, 6.45) is 7.04. The molecule has 7 heteroatoms. The molecule has 206 valence electrons. The van der Waals surface area contributed by atoms with Gasteiger partial charge in [-0.25, -0.2) is 4.79 Å². The molecule has 2 aliphatic heterocycles. The van der Waals surface area contributed by atoms with Gasteiger partial charge >= 0.3 is 6.09 Å². The average molecular weight is 521 g/mol. The lowest BCUT2D eigenvalue weighted by atomic mass is 9.62. The fourth-order valence-corrected chi connectivity index (χ4v) is 6.32. The van der Waals surface area contributed by atoms with Gasteiger partial charge in [-0.2, -0.15) is 0 Å². The van der Waals surface area contributed by atoms with Crippen molar-refractivity contribution < 1.29 is 14.3 Å². The van der Waals surface area contributed by atoms with Gasteiger partial charge in [-0.3, -0.25) is 9.88 Å². The lowest BCUT2D eigenvalue weighted by Gasteiger charge is -2.58. The van der Waals surface area contributed by atoms with Crippen LogP contribution in [-0.4, -0.2) is 77.8 Å². The zero-order valence-corrected chi connectivity index (χ0v) is 23.8. The number of hydrogen-bond donors (Lipinski definition) is 0. The molecule has 0 N–H and O–H groups in total. The number of pyridine rings is 1. The topological polar surface area (TPSA) is 58.1 Å². The van der Waals surface area contributed by atoms with Crippen molar-refractivity contribution in [2.45, 2.75) is 77.2 Å². The zero-order chi connectivity index (χ0) is 26.9. The van der Waals surface area contributed by atoms with Crippen LogP contribution in [0.2, 0.25) is 0 Å². The molecule has 1 aromatic heterocycles. The minimum absolute atomic E-state index is 0.189. The number of likely N-dealkylation sites (tertiary alicyclic amines) is 1. The predicted octanol–water partition coefficient (Wildman–Crippen LogP) is 5.30. The molecule has 2 aromatic rings. The minimum Gasteiger partial charge on any atom is -0.490 e. The van der Waals surface area contributed by atoms with Gasteiger partial charge in [-0.15, -0.1) is 0 Å². The summed E-state index contributed by atoms with van der Waals surface area (Å²) in [5.74, 6) is 1.01. The zero-order valence-electron chi connectivity index (χ0n) is 23.8. The normalized spacial score (nSPS) is 21.1. The van der Waals surface area contributed by atoms with E-state index in [1.807, 2.05) is 31.9 Å². The van der Waals surface area contributed by atoms with Gasteiger partial charge in [0.25, 0.3) is 0 Å². The summed E-state index contributed by atoms with van der Waals surface area (Å²) in [5.41, 5.74) is 3.57. The number of ether oxygens (including phenoxy) is 2. The fourth-order valence-electron chi connectivity index (χ4n) is 6.32. The van der Waals surface area contributed by atoms with Gasteiger partial charge in [0.2, 0.25) is 0 Å².